The molecule has 130 valence electrons. The van der Waals surface area contributed by atoms with Gasteiger partial charge in [0.05, 0.1) is 16.0 Å². The van der Waals surface area contributed by atoms with Crippen LogP contribution in [0.4, 0.5) is 5.69 Å². The molecule has 0 spiro atoms. The number of nitro groups is 1. The fourth-order valence-electron chi connectivity index (χ4n) is 2.75. The van der Waals surface area contributed by atoms with Crippen molar-refractivity contribution >= 4 is 28.4 Å². The minimum absolute atomic E-state index is 0.160. The fraction of sp³-hybridized carbons (Fsp3) is 0.0526. The van der Waals surface area contributed by atoms with Gasteiger partial charge in [0.2, 0.25) is 0 Å². The summed E-state index contributed by atoms with van der Waals surface area (Å²) in [6.07, 6.45) is 2.31. The molecule has 2 aromatic carbocycles. The molecular weight excluding hydrogens is 336 g/mol. The molecule has 0 saturated carbocycles. The van der Waals surface area contributed by atoms with Crippen LogP contribution in [-0.4, -0.2) is 20.4 Å². The number of fused-ring (bicyclic) bond motifs is 1. The predicted octanol–water partition coefficient (Wildman–Crippen LogP) is 3.05. The first kappa shape index (κ1) is 17.1. The van der Waals surface area contributed by atoms with Crippen LogP contribution in [0.5, 0.6) is 5.75 Å². The Morgan fingerprint density at radius 2 is 1.81 bits per heavy atom. The zero-order valence-corrected chi connectivity index (χ0v) is 13.7. The molecule has 7 heteroatoms. The maximum Gasteiger partial charge on any atom is 0.276 e. The van der Waals surface area contributed by atoms with E-state index in [2.05, 4.69) is 0 Å². The van der Waals surface area contributed by atoms with Crippen LogP contribution in [0.15, 0.2) is 59.4 Å². The number of para-hydroxylation sites is 2. The third-order valence-corrected chi connectivity index (χ3v) is 4.07. The van der Waals surface area contributed by atoms with Gasteiger partial charge in [0.15, 0.2) is 5.78 Å². The van der Waals surface area contributed by atoms with Gasteiger partial charge in [0.25, 0.3) is 11.2 Å². The summed E-state index contributed by atoms with van der Waals surface area (Å²) in [5.41, 5.74) is -0.455. The highest BCUT2D eigenvalue weighted by molar-refractivity contribution is 6.11. The molecule has 0 saturated heterocycles. The van der Waals surface area contributed by atoms with Crippen LogP contribution in [-0.2, 0) is 7.05 Å². The Morgan fingerprint density at radius 3 is 2.54 bits per heavy atom. The normalized spacial score (nSPS) is 11.1. The van der Waals surface area contributed by atoms with E-state index in [9.17, 15) is 24.8 Å². The Labute approximate surface area is 147 Å². The van der Waals surface area contributed by atoms with Gasteiger partial charge in [-0.15, -0.1) is 0 Å². The van der Waals surface area contributed by atoms with Crippen molar-refractivity contribution in [2.45, 2.75) is 0 Å². The van der Waals surface area contributed by atoms with Crippen LogP contribution >= 0.6 is 0 Å². The summed E-state index contributed by atoms with van der Waals surface area (Å²) in [4.78, 5) is 35.4. The van der Waals surface area contributed by atoms with Crippen molar-refractivity contribution in [2.24, 2.45) is 7.05 Å². The molecule has 1 N–H and O–H groups in total. The van der Waals surface area contributed by atoms with Crippen LogP contribution in [0, 0.1) is 10.1 Å². The average molecular weight is 350 g/mol. The van der Waals surface area contributed by atoms with E-state index in [1.807, 2.05) is 0 Å². The highest BCUT2D eigenvalue weighted by Crippen LogP contribution is 2.26. The molecule has 0 bridgehead atoms. The number of pyridine rings is 1. The predicted molar refractivity (Wildman–Crippen MR) is 97.3 cm³/mol. The maximum atomic E-state index is 12.5. The maximum absolute atomic E-state index is 12.5. The molecule has 0 aliphatic rings. The second kappa shape index (κ2) is 6.64. The number of nitro benzene ring substituents is 1. The summed E-state index contributed by atoms with van der Waals surface area (Å²) >= 11 is 0. The SMILES string of the molecule is Cn1c(=O)c(C(=O)C=Cc2ccccc2[N+](=O)[O-])c(O)c2ccccc21. The van der Waals surface area contributed by atoms with Crippen LogP contribution in [0.3, 0.4) is 0 Å². The Kier molecular flexibility index (Phi) is 4.36. The fourth-order valence-corrected chi connectivity index (χ4v) is 2.75. The molecule has 0 amide bonds. The average Bonchev–Trinajstić information content (AvgIpc) is 2.65. The molecular formula is C19H14N2O5. The summed E-state index contributed by atoms with van der Waals surface area (Å²) in [6.45, 7) is 0. The molecule has 3 rings (SSSR count). The molecule has 0 atom stereocenters. The number of ketones is 1. The molecule has 0 fully saturated rings. The molecule has 7 nitrogen and oxygen atoms in total. The number of aromatic nitrogens is 1. The smallest absolute Gasteiger partial charge is 0.276 e. The van der Waals surface area contributed by atoms with Crippen molar-refractivity contribution in [2.75, 3.05) is 0 Å². The molecule has 26 heavy (non-hydrogen) atoms. The summed E-state index contributed by atoms with van der Waals surface area (Å²) in [5, 5.41) is 21.8. The van der Waals surface area contributed by atoms with Gasteiger partial charge in [-0.05, 0) is 30.4 Å². The largest absolute Gasteiger partial charge is 0.506 e. The van der Waals surface area contributed by atoms with Gasteiger partial charge in [-0.1, -0.05) is 24.3 Å². The lowest BCUT2D eigenvalue weighted by Crippen LogP contribution is -2.24. The lowest BCUT2D eigenvalue weighted by molar-refractivity contribution is -0.385. The number of benzene rings is 2. The van der Waals surface area contributed by atoms with Gasteiger partial charge in [0, 0.05) is 18.5 Å². The number of aromatic hydroxyl groups is 1. The van der Waals surface area contributed by atoms with Crippen molar-refractivity contribution in [3.05, 3.63) is 86.2 Å². The number of rotatable bonds is 4. The number of carbonyl (C=O) groups excluding carboxylic acids is 1. The molecule has 0 radical (unpaired) electrons. The summed E-state index contributed by atoms with van der Waals surface area (Å²) in [6, 6.07) is 12.6. The van der Waals surface area contributed by atoms with Gasteiger partial charge in [-0.3, -0.25) is 19.7 Å². The third-order valence-electron chi connectivity index (χ3n) is 4.07. The van der Waals surface area contributed by atoms with Crippen molar-refractivity contribution in [3.63, 3.8) is 0 Å². The molecule has 3 aromatic rings. The third kappa shape index (κ3) is 2.86. The number of hydrogen-bond acceptors (Lipinski definition) is 5. The first-order chi connectivity index (χ1) is 12.4. The second-order valence-corrected chi connectivity index (χ2v) is 5.62. The zero-order chi connectivity index (χ0) is 18.8. The second-order valence-electron chi connectivity index (χ2n) is 5.62. The van der Waals surface area contributed by atoms with Gasteiger partial charge in [-0.25, -0.2) is 0 Å². The van der Waals surface area contributed by atoms with E-state index >= 15 is 0 Å². The van der Waals surface area contributed by atoms with E-state index in [1.54, 1.807) is 30.3 Å². The van der Waals surface area contributed by atoms with Gasteiger partial charge >= 0.3 is 0 Å². The topological polar surface area (TPSA) is 102 Å². The number of allylic oxidation sites excluding steroid dienone is 1. The Balaban J connectivity index is 2.10. The van der Waals surface area contributed by atoms with Gasteiger partial charge < -0.3 is 9.67 Å². The molecule has 0 aliphatic heterocycles. The van der Waals surface area contributed by atoms with Crippen LogP contribution < -0.4 is 5.56 Å². The number of nitrogens with zero attached hydrogens (tertiary/aromatic N) is 2. The van der Waals surface area contributed by atoms with E-state index < -0.39 is 22.0 Å². The number of carbonyl (C=O) groups is 1. The summed E-state index contributed by atoms with van der Waals surface area (Å²) in [5.74, 6) is -1.13. The lowest BCUT2D eigenvalue weighted by atomic mass is 10.1. The molecule has 1 aromatic heterocycles. The van der Waals surface area contributed by atoms with E-state index in [4.69, 9.17) is 0 Å². The van der Waals surface area contributed by atoms with Crippen molar-refractivity contribution in [3.8, 4) is 5.75 Å². The number of aryl methyl sites for hydroxylation is 1. The first-order valence-electron chi connectivity index (χ1n) is 7.68. The van der Waals surface area contributed by atoms with Gasteiger partial charge in [0.1, 0.15) is 11.3 Å². The van der Waals surface area contributed by atoms with E-state index in [0.717, 1.165) is 6.08 Å². The lowest BCUT2D eigenvalue weighted by Gasteiger charge is -2.09. The molecule has 0 aliphatic carbocycles. The van der Waals surface area contributed by atoms with Crippen molar-refractivity contribution < 1.29 is 14.8 Å². The van der Waals surface area contributed by atoms with E-state index in [0.29, 0.717) is 10.9 Å². The van der Waals surface area contributed by atoms with Crippen molar-refractivity contribution in [1.29, 1.82) is 0 Å². The quantitative estimate of drug-likeness (QED) is 0.337. The highest BCUT2D eigenvalue weighted by atomic mass is 16.6. The monoisotopic (exact) mass is 350 g/mol. The minimum atomic E-state index is -0.730. The first-order valence-corrected chi connectivity index (χ1v) is 7.68. The van der Waals surface area contributed by atoms with Gasteiger partial charge in [-0.2, -0.15) is 0 Å². The van der Waals surface area contributed by atoms with Crippen LogP contribution in [0.2, 0.25) is 0 Å². The molecule has 1 heterocycles. The standard InChI is InChI=1S/C19H14N2O5/c1-20-15-9-5-3-7-13(15)18(23)17(19(20)24)16(22)11-10-12-6-2-4-8-14(12)21(25)26/h2-11,23H,1H3. The Morgan fingerprint density at radius 1 is 1.15 bits per heavy atom. The van der Waals surface area contributed by atoms with E-state index in [1.165, 1.54) is 35.9 Å². The summed E-state index contributed by atoms with van der Waals surface area (Å²) < 4.78 is 1.28. The zero-order valence-electron chi connectivity index (χ0n) is 13.7. The number of hydrogen-bond donors (Lipinski definition) is 1. The minimum Gasteiger partial charge on any atom is -0.506 e. The van der Waals surface area contributed by atoms with E-state index in [-0.39, 0.29) is 16.8 Å². The van der Waals surface area contributed by atoms with Crippen molar-refractivity contribution in [1.82, 2.24) is 4.57 Å². The van der Waals surface area contributed by atoms with Crippen LogP contribution in [0.25, 0.3) is 17.0 Å². The Hall–Kier alpha value is -3.74. The molecule has 0 unspecified atom stereocenters. The highest BCUT2D eigenvalue weighted by Gasteiger charge is 2.19. The van der Waals surface area contributed by atoms with Crippen LogP contribution in [0.1, 0.15) is 15.9 Å². The summed E-state index contributed by atoms with van der Waals surface area (Å²) in [7, 11) is 1.51. The Bertz CT molecular complexity index is 1130.